The molecule has 0 aromatic heterocycles. The van der Waals surface area contributed by atoms with Gasteiger partial charge < -0.3 is 4.90 Å². The number of likely N-dealkylation sites (tertiary alicyclic amines) is 1. The molecular weight excluding hydrogens is 196 g/mol. The van der Waals surface area contributed by atoms with Crippen LogP contribution in [0.1, 0.15) is 47.5 Å². The van der Waals surface area contributed by atoms with E-state index in [-0.39, 0.29) is 6.42 Å². The third-order valence-electron chi connectivity index (χ3n) is 3.01. The molecule has 0 aliphatic carbocycles. The van der Waals surface area contributed by atoms with Gasteiger partial charge in [0.2, 0.25) is 0 Å². The van der Waals surface area contributed by atoms with Gasteiger partial charge in [-0.1, -0.05) is 20.8 Å². The van der Waals surface area contributed by atoms with Gasteiger partial charge in [0.05, 0.1) is 0 Å². The van der Waals surface area contributed by atoms with Gasteiger partial charge in [-0.3, -0.25) is 0 Å². The van der Waals surface area contributed by atoms with E-state index in [1.54, 1.807) is 0 Å². The molecule has 0 radical (unpaired) electrons. The van der Waals surface area contributed by atoms with Crippen molar-refractivity contribution in [2.75, 3.05) is 13.1 Å². The Hall–Kier alpha value is -0.180. The highest BCUT2D eigenvalue weighted by atomic mass is 19.3. The fourth-order valence-corrected chi connectivity index (χ4v) is 1.90. The topological polar surface area (TPSA) is 3.24 Å². The Kier molecular flexibility index (Phi) is 6.34. The Bertz CT molecular complexity index is 169. The van der Waals surface area contributed by atoms with Crippen LogP contribution in [0.5, 0.6) is 0 Å². The molecule has 15 heavy (non-hydrogen) atoms. The molecule has 3 heteroatoms. The molecule has 92 valence electrons. The molecular formula is C12H25F2N. The first-order valence-electron chi connectivity index (χ1n) is 6.09. The number of nitrogens with zero attached hydrogens (tertiary/aromatic N) is 1. The molecule has 1 rings (SSSR count). The predicted octanol–water partition coefficient (Wildman–Crippen LogP) is 3.79. The molecule has 1 saturated heterocycles. The van der Waals surface area contributed by atoms with Crippen molar-refractivity contribution in [3.8, 4) is 0 Å². The van der Waals surface area contributed by atoms with Crippen LogP contribution in [0, 0.1) is 5.92 Å². The summed E-state index contributed by atoms with van der Waals surface area (Å²) in [6, 6.07) is 0.394. The average molecular weight is 221 g/mol. The smallest absolute Gasteiger partial charge is 0.253 e. The molecule has 0 bridgehead atoms. The maximum absolute atomic E-state index is 13.3. The number of hydrogen-bond donors (Lipinski definition) is 0. The maximum atomic E-state index is 13.3. The summed E-state index contributed by atoms with van der Waals surface area (Å²) in [5, 5.41) is 0. The van der Waals surface area contributed by atoms with Gasteiger partial charge >= 0.3 is 0 Å². The van der Waals surface area contributed by atoms with Crippen LogP contribution in [-0.4, -0.2) is 30.0 Å². The minimum absolute atomic E-state index is 0.0314. The molecule has 0 spiro atoms. The summed E-state index contributed by atoms with van der Waals surface area (Å²) in [4.78, 5) is 2.14. The highest BCUT2D eigenvalue weighted by Crippen LogP contribution is 2.35. The zero-order valence-electron chi connectivity index (χ0n) is 10.7. The summed E-state index contributed by atoms with van der Waals surface area (Å²) < 4.78 is 26.6. The van der Waals surface area contributed by atoms with Gasteiger partial charge in [-0.25, -0.2) is 8.78 Å². The number of hydrogen-bond acceptors (Lipinski definition) is 1. The second-order valence-electron chi connectivity index (χ2n) is 4.20. The first-order chi connectivity index (χ1) is 6.97. The van der Waals surface area contributed by atoms with Gasteiger partial charge in [-0.15, -0.1) is 0 Å². The van der Waals surface area contributed by atoms with Crippen molar-refractivity contribution in [2.45, 2.75) is 59.4 Å². The third-order valence-corrected chi connectivity index (χ3v) is 3.01. The van der Waals surface area contributed by atoms with E-state index in [2.05, 4.69) is 18.7 Å². The summed E-state index contributed by atoms with van der Waals surface area (Å²) in [5.74, 6) is -2.87. The molecule has 1 unspecified atom stereocenters. The molecule has 1 aliphatic heterocycles. The number of piperidine rings is 1. The zero-order chi connectivity index (χ0) is 12.1. The van der Waals surface area contributed by atoms with Crippen molar-refractivity contribution >= 4 is 0 Å². The standard InChI is InChI=1S/C10H19F2N.C2H6/c1-4-9-7-13(8(2)3)6-5-10(9,11)12;1-2/h8-9H,4-7H2,1-3H3;1-2H3. The van der Waals surface area contributed by atoms with Gasteiger partial charge in [0.1, 0.15) is 0 Å². The lowest BCUT2D eigenvalue weighted by atomic mass is 9.90. The van der Waals surface area contributed by atoms with Crippen molar-refractivity contribution in [1.29, 1.82) is 0 Å². The number of rotatable bonds is 2. The van der Waals surface area contributed by atoms with E-state index < -0.39 is 11.8 Å². The lowest BCUT2D eigenvalue weighted by Gasteiger charge is -2.40. The van der Waals surface area contributed by atoms with Gasteiger partial charge in [0.15, 0.2) is 0 Å². The average Bonchev–Trinajstić information content (AvgIpc) is 2.20. The summed E-state index contributed by atoms with van der Waals surface area (Å²) in [6.07, 6.45) is 0.611. The molecule has 1 heterocycles. The lowest BCUT2D eigenvalue weighted by Crippen LogP contribution is -2.49. The van der Waals surface area contributed by atoms with Crippen LogP contribution in [0.2, 0.25) is 0 Å². The van der Waals surface area contributed by atoms with Gasteiger partial charge in [-0.2, -0.15) is 0 Å². The summed E-state index contributed by atoms with van der Waals surface area (Å²) in [7, 11) is 0. The second kappa shape index (κ2) is 6.41. The van der Waals surface area contributed by atoms with Gasteiger partial charge in [0.25, 0.3) is 5.92 Å². The second-order valence-corrected chi connectivity index (χ2v) is 4.20. The normalized spacial score (nSPS) is 26.0. The minimum atomic E-state index is -2.43. The molecule has 0 amide bonds. The summed E-state index contributed by atoms with van der Waals surface area (Å²) in [6.45, 7) is 11.1. The number of halogens is 2. The molecule has 1 nitrogen and oxygen atoms in total. The molecule has 1 atom stereocenters. The Morgan fingerprint density at radius 1 is 1.33 bits per heavy atom. The van der Waals surface area contributed by atoms with Crippen molar-refractivity contribution in [3.05, 3.63) is 0 Å². The van der Waals surface area contributed by atoms with Crippen LogP contribution in [0.3, 0.4) is 0 Å². The minimum Gasteiger partial charge on any atom is -0.300 e. The van der Waals surface area contributed by atoms with Crippen molar-refractivity contribution < 1.29 is 8.78 Å². The zero-order valence-corrected chi connectivity index (χ0v) is 10.7. The Balaban J connectivity index is 0.000000921. The maximum Gasteiger partial charge on any atom is 0.253 e. The van der Waals surface area contributed by atoms with E-state index in [1.165, 1.54) is 0 Å². The highest BCUT2D eigenvalue weighted by Gasteiger charge is 2.42. The Labute approximate surface area is 92.8 Å². The first-order valence-corrected chi connectivity index (χ1v) is 6.09. The van der Waals surface area contributed by atoms with Crippen LogP contribution < -0.4 is 0 Å². The van der Waals surface area contributed by atoms with Crippen LogP contribution in [0.25, 0.3) is 0 Å². The van der Waals surface area contributed by atoms with Crippen LogP contribution in [0.4, 0.5) is 8.78 Å². The van der Waals surface area contributed by atoms with E-state index >= 15 is 0 Å². The summed E-state index contributed by atoms with van der Waals surface area (Å²) in [5.41, 5.74) is 0. The fraction of sp³-hybridized carbons (Fsp3) is 1.00. The van der Waals surface area contributed by atoms with E-state index in [4.69, 9.17) is 0 Å². The fourth-order valence-electron chi connectivity index (χ4n) is 1.90. The molecule has 1 aliphatic rings. The quantitative estimate of drug-likeness (QED) is 0.685. The van der Waals surface area contributed by atoms with Crippen molar-refractivity contribution in [2.24, 2.45) is 5.92 Å². The van der Waals surface area contributed by atoms with E-state index in [9.17, 15) is 8.78 Å². The van der Waals surface area contributed by atoms with E-state index in [1.807, 2.05) is 20.8 Å². The van der Waals surface area contributed by atoms with Crippen LogP contribution in [0.15, 0.2) is 0 Å². The number of alkyl halides is 2. The van der Waals surface area contributed by atoms with Crippen molar-refractivity contribution in [3.63, 3.8) is 0 Å². The Morgan fingerprint density at radius 2 is 1.87 bits per heavy atom. The third kappa shape index (κ3) is 4.06. The predicted molar refractivity (Wildman–Crippen MR) is 61.4 cm³/mol. The molecule has 0 aromatic carbocycles. The molecule has 0 N–H and O–H groups in total. The lowest BCUT2D eigenvalue weighted by molar-refractivity contribution is -0.111. The monoisotopic (exact) mass is 221 g/mol. The largest absolute Gasteiger partial charge is 0.300 e. The molecule has 0 saturated carbocycles. The van der Waals surface area contributed by atoms with Crippen molar-refractivity contribution in [1.82, 2.24) is 4.90 Å². The summed E-state index contributed by atoms with van der Waals surface area (Å²) >= 11 is 0. The van der Waals surface area contributed by atoms with Gasteiger partial charge in [-0.05, 0) is 20.3 Å². The first kappa shape index (κ1) is 14.8. The van der Waals surface area contributed by atoms with Gasteiger partial charge in [0, 0.05) is 31.5 Å². The van der Waals surface area contributed by atoms with E-state index in [0.717, 1.165) is 0 Å². The van der Waals surface area contributed by atoms with Crippen LogP contribution in [-0.2, 0) is 0 Å². The SMILES string of the molecule is CC.CCC1CN(C(C)C)CCC1(F)F. The van der Waals surface area contributed by atoms with Crippen LogP contribution >= 0.6 is 0 Å². The Morgan fingerprint density at radius 3 is 2.27 bits per heavy atom. The molecule has 1 fully saturated rings. The van der Waals surface area contributed by atoms with E-state index in [0.29, 0.717) is 25.6 Å². The molecule has 0 aromatic rings. The highest BCUT2D eigenvalue weighted by molar-refractivity contribution is 4.86.